The molecule has 0 aliphatic heterocycles. The van der Waals surface area contributed by atoms with Crippen molar-refractivity contribution in [3.8, 4) is 0 Å². The van der Waals surface area contributed by atoms with Crippen LogP contribution in [-0.2, 0) is 13.6 Å². The van der Waals surface area contributed by atoms with Gasteiger partial charge >= 0.3 is 5.69 Å². The molecule has 0 aliphatic rings. The van der Waals surface area contributed by atoms with Crippen LogP contribution in [0, 0.1) is 39.2 Å². The van der Waals surface area contributed by atoms with Gasteiger partial charge in [-0.1, -0.05) is 0 Å². The molecule has 0 atom stereocenters. The molecule has 9 nitrogen and oxygen atoms in total. The number of hydrogen-bond donors (Lipinski definition) is 1. The van der Waals surface area contributed by atoms with Gasteiger partial charge in [-0.15, -0.1) is 0 Å². The number of aryl methyl sites for hydroxylation is 1. The predicted molar refractivity (Wildman–Crippen MR) is 85.4 cm³/mol. The van der Waals surface area contributed by atoms with E-state index in [9.17, 15) is 36.9 Å². The third kappa shape index (κ3) is 3.63. The van der Waals surface area contributed by atoms with Crippen molar-refractivity contribution in [3.05, 3.63) is 68.9 Å². The summed E-state index contributed by atoms with van der Waals surface area (Å²) < 4.78 is 69.0. The molecule has 2 aromatic heterocycles. The SMILES string of the molecule is Cn1cc([N+](=O)[O-])c(C(=O)Nc2ccn(Cc3c(F)c(F)c(F)c(F)c3F)n2)n1. The van der Waals surface area contributed by atoms with Crippen LogP contribution in [0.15, 0.2) is 18.5 Å². The quantitative estimate of drug-likeness (QED) is 0.226. The van der Waals surface area contributed by atoms with Crippen LogP contribution in [0.3, 0.4) is 0 Å². The third-order valence-electron chi connectivity index (χ3n) is 3.72. The van der Waals surface area contributed by atoms with Gasteiger partial charge in [0.25, 0.3) is 5.91 Å². The zero-order valence-corrected chi connectivity index (χ0v) is 14.3. The molecule has 152 valence electrons. The molecule has 0 saturated carbocycles. The Morgan fingerprint density at radius 1 is 1.10 bits per heavy atom. The molecule has 0 aliphatic carbocycles. The summed E-state index contributed by atoms with van der Waals surface area (Å²) in [5.74, 6) is -11.7. The van der Waals surface area contributed by atoms with E-state index in [0.29, 0.717) is 0 Å². The standard InChI is InChI=1S/C15H9F5N6O3/c1-24-5-7(26(28)29)14(23-24)15(27)21-8-2-3-25(22-8)4-6-9(16)11(18)13(20)12(19)10(6)17/h2-3,5H,4H2,1H3,(H,21,22,27). The number of aromatic nitrogens is 4. The van der Waals surface area contributed by atoms with Gasteiger partial charge in [-0.3, -0.25) is 24.3 Å². The lowest BCUT2D eigenvalue weighted by Crippen LogP contribution is -2.16. The van der Waals surface area contributed by atoms with Crippen LogP contribution in [0.25, 0.3) is 0 Å². The Balaban J connectivity index is 1.83. The maximum absolute atomic E-state index is 13.7. The minimum absolute atomic E-state index is 0.196. The van der Waals surface area contributed by atoms with Crippen LogP contribution < -0.4 is 5.32 Å². The minimum atomic E-state index is -2.28. The molecule has 14 heteroatoms. The van der Waals surface area contributed by atoms with Gasteiger partial charge in [0.15, 0.2) is 29.1 Å². The number of benzene rings is 1. The Kier molecular flexibility index (Phi) is 5.01. The molecule has 3 aromatic rings. The number of carbonyl (C=O) groups is 1. The van der Waals surface area contributed by atoms with E-state index in [1.165, 1.54) is 7.05 Å². The number of halogens is 5. The van der Waals surface area contributed by atoms with Crippen LogP contribution in [0.5, 0.6) is 0 Å². The number of rotatable bonds is 5. The topological polar surface area (TPSA) is 108 Å². The number of nitrogens with one attached hydrogen (secondary N) is 1. The van der Waals surface area contributed by atoms with Crippen molar-refractivity contribution >= 4 is 17.4 Å². The molecular formula is C15H9F5N6O3. The summed E-state index contributed by atoms with van der Waals surface area (Å²) in [4.78, 5) is 22.3. The minimum Gasteiger partial charge on any atom is -0.303 e. The summed E-state index contributed by atoms with van der Waals surface area (Å²) in [5, 5.41) is 20.5. The summed E-state index contributed by atoms with van der Waals surface area (Å²) in [6.45, 7) is -0.828. The molecular weight excluding hydrogens is 407 g/mol. The Morgan fingerprint density at radius 3 is 2.28 bits per heavy atom. The Hall–Kier alpha value is -3.84. The number of anilines is 1. The van der Waals surface area contributed by atoms with Gasteiger partial charge in [-0.2, -0.15) is 10.2 Å². The highest BCUT2D eigenvalue weighted by molar-refractivity contribution is 6.05. The number of carbonyl (C=O) groups excluding carboxylic acids is 1. The number of nitrogens with zero attached hydrogens (tertiary/aromatic N) is 5. The molecule has 1 aromatic carbocycles. The van der Waals surface area contributed by atoms with Gasteiger partial charge in [-0.25, -0.2) is 22.0 Å². The first kappa shape index (κ1) is 19.9. The van der Waals surface area contributed by atoms with Crippen molar-refractivity contribution in [3.63, 3.8) is 0 Å². The molecule has 0 radical (unpaired) electrons. The Morgan fingerprint density at radius 2 is 1.69 bits per heavy atom. The zero-order valence-electron chi connectivity index (χ0n) is 14.3. The monoisotopic (exact) mass is 416 g/mol. The van der Waals surface area contributed by atoms with Crippen LogP contribution in [-0.4, -0.2) is 30.4 Å². The molecule has 0 spiro atoms. The molecule has 2 heterocycles. The second-order valence-corrected chi connectivity index (χ2v) is 5.69. The van der Waals surface area contributed by atoms with Crippen molar-refractivity contribution in [2.24, 2.45) is 7.05 Å². The van der Waals surface area contributed by atoms with Crippen molar-refractivity contribution in [2.75, 3.05) is 5.32 Å². The fourth-order valence-electron chi connectivity index (χ4n) is 2.41. The fraction of sp³-hybridized carbons (Fsp3) is 0.133. The van der Waals surface area contributed by atoms with Crippen molar-refractivity contribution in [2.45, 2.75) is 6.54 Å². The normalized spacial score (nSPS) is 11.0. The van der Waals surface area contributed by atoms with E-state index in [1.54, 1.807) is 0 Å². The van der Waals surface area contributed by atoms with Crippen molar-refractivity contribution in [1.29, 1.82) is 0 Å². The second-order valence-electron chi connectivity index (χ2n) is 5.69. The molecule has 29 heavy (non-hydrogen) atoms. The van der Waals surface area contributed by atoms with Crippen LogP contribution >= 0.6 is 0 Å². The largest absolute Gasteiger partial charge is 0.320 e. The lowest BCUT2D eigenvalue weighted by atomic mass is 10.1. The highest BCUT2D eigenvalue weighted by Gasteiger charge is 2.27. The smallest absolute Gasteiger partial charge is 0.303 e. The summed E-state index contributed by atoms with van der Waals surface area (Å²) >= 11 is 0. The lowest BCUT2D eigenvalue weighted by Gasteiger charge is -2.08. The molecule has 1 amide bonds. The average Bonchev–Trinajstić information content (AvgIpc) is 3.28. The van der Waals surface area contributed by atoms with E-state index < -0.39 is 63.4 Å². The second kappa shape index (κ2) is 7.29. The summed E-state index contributed by atoms with van der Waals surface area (Å²) in [5.41, 5.74) is -2.19. The molecule has 0 fully saturated rings. The lowest BCUT2D eigenvalue weighted by molar-refractivity contribution is -0.385. The summed E-state index contributed by atoms with van der Waals surface area (Å²) in [6.07, 6.45) is 2.11. The first-order valence-electron chi connectivity index (χ1n) is 7.63. The van der Waals surface area contributed by atoms with Gasteiger partial charge in [0, 0.05) is 19.3 Å². The predicted octanol–water partition coefficient (Wildman–Crippen LogP) is 2.52. The third-order valence-corrected chi connectivity index (χ3v) is 3.72. The highest BCUT2D eigenvalue weighted by atomic mass is 19.2. The van der Waals surface area contributed by atoms with Gasteiger partial charge < -0.3 is 5.32 Å². The first-order valence-corrected chi connectivity index (χ1v) is 7.63. The zero-order chi connectivity index (χ0) is 21.5. The molecule has 3 rings (SSSR count). The number of nitro groups is 1. The molecule has 0 saturated heterocycles. The van der Waals surface area contributed by atoms with E-state index in [4.69, 9.17) is 0 Å². The maximum atomic E-state index is 13.7. The first-order chi connectivity index (χ1) is 13.6. The highest BCUT2D eigenvalue weighted by Crippen LogP contribution is 2.24. The van der Waals surface area contributed by atoms with E-state index >= 15 is 0 Å². The van der Waals surface area contributed by atoms with E-state index in [0.717, 1.165) is 27.8 Å². The van der Waals surface area contributed by atoms with Crippen LogP contribution in [0.2, 0.25) is 0 Å². The van der Waals surface area contributed by atoms with E-state index in [2.05, 4.69) is 15.5 Å². The van der Waals surface area contributed by atoms with Crippen molar-refractivity contribution in [1.82, 2.24) is 19.6 Å². The molecule has 0 bridgehead atoms. The van der Waals surface area contributed by atoms with Gasteiger partial charge in [-0.05, 0) is 0 Å². The van der Waals surface area contributed by atoms with Gasteiger partial charge in [0.2, 0.25) is 11.5 Å². The number of amides is 1. The van der Waals surface area contributed by atoms with E-state index in [1.807, 2.05) is 0 Å². The molecule has 0 unspecified atom stereocenters. The number of hydrogen-bond acceptors (Lipinski definition) is 5. The van der Waals surface area contributed by atoms with Crippen LogP contribution in [0.1, 0.15) is 16.1 Å². The summed E-state index contributed by atoms with van der Waals surface area (Å²) in [6, 6.07) is 1.15. The van der Waals surface area contributed by atoms with E-state index in [-0.39, 0.29) is 5.82 Å². The Labute approximate surface area is 157 Å². The van der Waals surface area contributed by atoms with Gasteiger partial charge in [0.05, 0.1) is 17.0 Å². The van der Waals surface area contributed by atoms with Crippen molar-refractivity contribution < 1.29 is 31.7 Å². The van der Waals surface area contributed by atoms with Crippen LogP contribution in [0.4, 0.5) is 33.5 Å². The average molecular weight is 416 g/mol. The molecule has 1 N–H and O–H groups in total. The Bertz CT molecular complexity index is 1110. The fourth-order valence-corrected chi connectivity index (χ4v) is 2.41. The van der Waals surface area contributed by atoms with Gasteiger partial charge in [0.1, 0.15) is 6.20 Å². The summed E-state index contributed by atoms with van der Waals surface area (Å²) in [7, 11) is 1.36. The maximum Gasteiger partial charge on any atom is 0.320 e.